The van der Waals surface area contributed by atoms with Crippen molar-refractivity contribution in [3.05, 3.63) is 53.5 Å². The highest BCUT2D eigenvalue weighted by Crippen LogP contribution is 2.37. The molecule has 5 rings (SSSR count). The third kappa shape index (κ3) is 5.33. The number of nitrogens with zero attached hydrogens (tertiary/aromatic N) is 3. The molecule has 0 aliphatic carbocycles. The number of fused-ring (bicyclic) bond motifs is 1. The van der Waals surface area contributed by atoms with Crippen molar-refractivity contribution in [3.8, 4) is 5.75 Å². The first kappa shape index (κ1) is 24.5. The van der Waals surface area contributed by atoms with Crippen LogP contribution < -0.4 is 4.74 Å². The summed E-state index contributed by atoms with van der Waals surface area (Å²) in [5, 5.41) is 0. The number of hydrogen-bond donors (Lipinski definition) is 1. The molecule has 7 nitrogen and oxygen atoms in total. The SMILES string of the molecule is CC1(C)C[C@H](c2nc3nccc(C4CCN(C(=O)c5ccc(OC(F)(F)F)cc5)CC4)c3[nH]2)CCO1. The molecule has 1 N–H and O–H groups in total. The number of pyridine rings is 1. The van der Waals surface area contributed by atoms with Crippen LogP contribution in [-0.2, 0) is 4.74 Å². The van der Waals surface area contributed by atoms with E-state index in [0.717, 1.165) is 54.7 Å². The van der Waals surface area contributed by atoms with Gasteiger partial charge in [-0.1, -0.05) is 0 Å². The summed E-state index contributed by atoms with van der Waals surface area (Å²) in [6.07, 6.45) is 0.396. The lowest BCUT2D eigenvalue weighted by Crippen LogP contribution is -2.38. The van der Waals surface area contributed by atoms with Gasteiger partial charge in [0.25, 0.3) is 5.91 Å². The number of halogens is 3. The molecule has 0 spiro atoms. The molecule has 192 valence electrons. The van der Waals surface area contributed by atoms with Gasteiger partial charge in [0.2, 0.25) is 0 Å². The number of amides is 1. The molecule has 0 saturated carbocycles. The lowest BCUT2D eigenvalue weighted by molar-refractivity contribution is -0.274. The maximum Gasteiger partial charge on any atom is 0.573 e. The Morgan fingerprint density at radius 3 is 2.50 bits per heavy atom. The van der Waals surface area contributed by atoms with Crippen molar-refractivity contribution in [2.24, 2.45) is 0 Å². The van der Waals surface area contributed by atoms with Gasteiger partial charge in [0.05, 0.1) is 11.1 Å². The fourth-order valence-electron chi connectivity index (χ4n) is 5.32. The number of hydrogen-bond acceptors (Lipinski definition) is 5. The van der Waals surface area contributed by atoms with Crippen LogP contribution in [0.2, 0.25) is 0 Å². The number of aromatic nitrogens is 3. The zero-order chi connectivity index (χ0) is 25.5. The Kier molecular flexibility index (Phi) is 6.40. The minimum atomic E-state index is -4.76. The zero-order valence-electron chi connectivity index (χ0n) is 20.3. The average Bonchev–Trinajstić information content (AvgIpc) is 3.27. The van der Waals surface area contributed by atoms with E-state index >= 15 is 0 Å². The van der Waals surface area contributed by atoms with Crippen LogP contribution >= 0.6 is 0 Å². The number of carbonyl (C=O) groups is 1. The molecule has 36 heavy (non-hydrogen) atoms. The Labute approximate surface area is 207 Å². The molecule has 4 heterocycles. The summed E-state index contributed by atoms with van der Waals surface area (Å²) in [4.78, 5) is 27.5. The van der Waals surface area contributed by atoms with E-state index in [-0.39, 0.29) is 23.2 Å². The molecule has 0 unspecified atom stereocenters. The van der Waals surface area contributed by atoms with Gasteiger partial charge in [0, 0.05) is 37.4 Å². The Morgan fingerprint density at radius 1 is 1.11 bits per heavy atom. The van der Waals surface area contributed by atoms with Crippen LogP contribution in [0, 0.1) is 0 Å². The van der Waals surface area contributed by atoms with Gasteiger partial charge in [-0.2, -0.15) is 0 Å². The number of aromatic amines is 1. The molecule has 2 aromatic heterocycles. The number of H-pyrrole nitrogens is 1. The molecule has 10 heteroatoms. The smallest absolute Gasteiger partial charge is 0.406 e. The van der Waals surface area contributed by atoms with Gasteiger partial charge in [-0.25, -0.2) is 9.97 Å². The first-order valence-corrected chi connectivity index (χ1v) is 12.2. The van der Waals surface area contributed by atoms with Crippen molar-refractivity contribution in [1.82, 2.24) is 19.9 Å². The summed E-state index contributed by atoms with van der Waals surface area (Å²) >= 11 is 0. The molecule has 0 bridgehead atoms. The molecule has 1 atom stereocenters. The maximum atomic E-state index is 12.9. The fourth-order valence-corrected chi connectivity index (χ4v) is 5.32. The van der Waals surface area contributed by atoms with E-state index in [1.165, 1.54) is 12.1 Å². The summed E-state index contributed by atoms with van der Waals surface area (Å²) in [7, 11) is 0. The molecule has 2 saturated heterocycles. The maximum absolute atomic E-state index is 12.9. The Morgan fingerprint density at radius 2 is 1.83 bits per heavy atom. The normalized spacial score (nSPS) is 21.0. The molecular formula is C26H29F3N4O3. The molecule has 0 radical (unpaired) electrons. The van der Waals surface area contributed by atoms with E-state index in [2.05, 4.69) is 28.6 Å². The van der Waals surface area contributed by atoms with Crippen LogP contribution in [0.5, 0.6) is 5.75 Å². The number of likely N-dealkylation sites (tertiary alicyclic amines) is 1. The van der Waals surface area contributed by atoms with Gasteiger partial charge in [-0.05, 0) is 81.3 Å². The highest BCUT2D eigenvalue weighted by atomic mass is 19.4. The molecule has 1 amide bonds. The van der Waals surface area contributed by atoms with Crippen LogP contribution in [0.4, 0.5) is 13.2 Å². The van der Waals surface area contributed by atoms with E-state index in [9.17, 15) is 18.0 Å². The Hall–Kier alpha value is -3.14. The number of imidazole rings is 1. The quantitative estimate of drug-likeness (QED) is 0.506. The largest absolute Gasteiger partial charge is 0.573 e. The second kappa shape index (κ2) is 9.38. The summed E-state index contributed by atoms with van der Waals surface area (Å²) in [6, 6.07) is 7.09. The van der Waals surface area contributed by atoms with Crippen molar-refractivity contribution >= 4 is 17.1 Å². The number of piperidine rings is 1. The number of ether oxygens (including phenoxy) is 2. The van der Waals surface area contributed by atoms with Crippen molar-refractivity contribution in [1.29, 1.82) is 0 Å². The van der Waals surface area contributed by atoms with Crippen LogP contribution in [0.1, 0.15) is 73.1 Å². The van der Waals surface area contributed by atoms with E-state index in [4.69, 9.17) is 9.72 Å². The van der Waals surface area contributed by atoms with Gasteiger partial charge in [0.1, 0.15) is 11.6 Å². The number of nitrogens with one attached hydrogen (secondary N) is 1. The van der Waals surface area contributed by atoms with Gasteiger partial charge >= 0.3 is 6.36 Å². The van der Waals surface area contributed by atoms with E-state index in [1.807, 2.05) is 6.07 Å². The van der Waals surface area contributed by atoms with Gasteiger partial charge in [-0.3, -0.25) is 4.79 Å². The number of rotatable bonds is 4. The highest BCUT2D eigenvalue weighted by molar-refractivity contribution is 5.94. The van der Waals surface area contributed by atoms with Crippen molar-refractivity contribution < 1.29 is 27.4 Å². The third-order valence-electron chi connectivity index (χ3n) is 7.08. The van der Waals surface area contributed by atoms with Crippen molar-refractivity contribution in [3.63, 3.8) is 0 Å². The number of alkyl halides is 3. The van der Waals surface area contributed by atoms with Gasteiger partial charge in [-0.15, -0.1) is 13.2 Å². The molecule has 3 aromatic rings. The second-order valence-corrected chi connectivity index (χ2v) is 10.2. The Balaban J connectivity index is 1.26. The summed E-state index contributed by atoms with van der Waals surface area (Å²) in [5.41, 5.74) is 2.99. The van der Waals surface area contributed by atoms with Crippen LogP contribution in [-0.4, -0.2) is 57.4 Å². The predicted molar refractivity (Wildman–Crippen MR) is 127 cm³/mol. The Bertz CT molecular complexity index is 1230. The van der Waals surface area contributed by atoms with E-state index in [1.54, 1.807) is 11.1 Å². The minimum absolute atomic E-state index is 0.177. The molecule has 1 aromatic carbocycles. The standard InChI is InChI=1S/C26H29F3N4O3/c1-25(2)15-18(10-14-35-25)22-31-21-20(7-11-30-23(21)32-22)16-8-12-33(13-9-16)24(34)17-3-5-19(6-4-17)36-26(27,28)29/h3-7,11,16,18H,8-10,12-15H2,1-2H3,(H,30,31,32)/t18-/m1/s1. The van der Waals surface area contributed by atoms with Crippen LogP contribution in [0.25, 0.3) is 11.2 Å². The predicted octanol–water partition coefficient (Wildman–Crippen LogP) is 5.55. The van der Waals surface area contributed by atoms with E-state index in [0.29, 0.717) is 36.8 Å². The van der Waals surface area contributed by atoms with Crippen LogP contribution in [0.3, 0.4) is 0 Å². The summed E-state index contributed by atoms with van der Waals surface area (Å²) in [5.74, 6) is 0.956. The summed E-state index contributed by atoms with van der Waals surface area (Å²) < 4.78 is 46.9. The zero-order valence-corrected chi connectivity index (χ0v) is 20.3. The number of carbonyl (C=O) groups excluding carboxylic acids is 1. The number of benzene rings is 1. The first-order chi connectivity index (χ1) is 17.1. The molecular weight excluding hydrogens is 473 g/mol. The fraction of sp³-hybridized carbons (Fsp3) is 0.500. The summed E-state index contributed by atoms with van der Waals surface area (Å²) in [6.45, 7) is 6.03. The van der Waals surface area contributed by atoms with E-state index < -0.39 is 6.36 Å². The van der Waals surface area contributed by atoms with Crippen molar-refractivity contribution in [2.45, 2.75) is 63.3 Å². The lowest BCUT2D eigenvalue weighted by atomic mass is 9.88. The lowest BCUT2D eigenvalue weighted by Gasteiger charge is -2.34. The molecule has 2 aliphatic heterocycles. The average molecular weight is 503 g/mol. The topological polar surface area (TPSA) is 80.3 Å². The minimum Gasteiger partial charge on any atom is -0.406 e. The van der Waals surface area contributed by atoms with Gasteiger partial charge in [0.15, 0.2) is 5.65 Å². The third-order valence-corrected chi connectivity index (χ3v) is 7.08. The highest BCUT2D eigenvalue weighted by Gasteiger charge is 2.33. The van der Waals surface area contributed by atoms with Crippen LogP contribution in [0.15, 0.2) is 36.5 Å². The first-order valence-electron chi connectivity index (χ1n) is 12.2. The second-order valence-electron chi connectivity index (χ2n) is 10.2. The monoisotopic (exact) mass is 502 g/mol. The molecule has 2 fully saturated rings. The van der Waals surface area contributed by atoms with Gasteiger partial charge < -0.3 is 19.4 Å². The van der Waals surface area contributed by atoms with Crippen molar-refractivity contribution in [2.75, 3.05) is 19.7 Å². The molecule has 2 aliphatic rings.